The predicted octanol–water partition coefficient (Wildman–Crippen LogP) is 5.50. The van der Waals surface area contributed by atoms with Crippen LogP contribution < -0.4 is 9.47 Å². The number of allylic oxidation sites excluding steroid dienone is 2. The Balaban J connectivity index is 1.66. The van der Waals surface area contributed by atoms with Gasteiger partial charge in [0.1, 0.15) is 17.3 Å². The summed E-state index contributed by atoms with van der Waals surface area (Å²) < 4.78 is 16.8. The third-order valence-electron chi connectivity index (χ3n) is 5.00. The lowest BCUT2D eigenvalue weighted by atomic mass is 9.97. The van der Waals surface area contributed by atoms with Crippen molar-refractivity contribution in [2.45, 2.75) is 0 Å². The normalized spacial score (nSPS) is 17.3. The highest BCUT2D eigenvalue weighted by molar-refractivity contribution is 6.34. The van der Waals surface area contributed by atoms with Gasteiger partial charge in [0.15, 0.2) is 5.70 Å². The van der Waals surface area contributed by atoms with E-state index >= 15 is 0 Å². The summed E-state index contributed by atoms with van der Waals surface area (Å²) in [4.78, 5) is 17.3. The van der Waals surface area contributed by atoms with Gasteiger partial charge >= 0.3 is 5.97 Å². The van der Waals surface area contributed by atoms with Crippen LogP contribution in [0.5, 0.6) is 11.5 Å². The van der Waals surface area contributed by atoms with Crippen LogP contribution in [0.15, 0.2) is 89.6 Å². The second kappa shape index (κ2) is 7.78. The Morgan fingerprint density at radius 3 is 2.32 bits per heavy atom. The summed E-state index contributed by atoms with van der Waals surface area (Å²) in [6.45, 7) is 0. The van der Waals surface area contributed by atoms with Crippen molar-refractivity contribution >= 4 is 34.8 Å². The summed E-state index contributed by atoms with van der Waals surface area (Å²) in [5.41, 5.74) is 3.00. The molecule has 0 N–H and O–H groups in total. The predicted molar refractivity (Wildman–Crippen MR) is 119 cm³/mol. The lowest BCUT2D eigenvalue weighted by molar-refractivity contribution is -0.129. The third kappa shape index (κ3) is 3.49. The second-order valence-electron chi connectivity index (χ2n) is 6.88. The van der Waals surface area contributed by atoms with E-state index in [1.54, 1.807) is 31.4 Å². The van der Waals surface area contributed by atoms with Crippen molar-refractivity contribution in [3.8, 4) is 11.5 Å². The van der Waals surface area contributed by atoms with Crippen LogP contribution in [0.4, 0.5) is 0 Å². The van der Waals surface area contributed by atoms with E-state index in [4.69, 9.17) is 25.8 Å². The van der Waals surface area contributed by atoms with Crippen LogP contribution in [0, 0.1) is 0 Å². The Bertz CT molecular complexity index is 1290. The molecule has 5 nitrogen and oxygen atoms in total. The molecule has 2 aliphatic heterocycles. The van der Waals surface area contributed by atoms with Gasteiger partial charge in [-0.3, -0.25) is 0 Å². The Morgan fingerprint density at radius 2 is 1.58 bits per heavy atom. The first-order chi connectivity index (χ1) is 15.1. The highest BCUT2D eigenvalue weighted by Crippen LogP contribution is 2.40. The Morgan fingerprint density at radius 1 is 0.871 bits per heavy atom. The van der Waals surface area contributed by atoms with E-state index in [1.807, 2.05) is 54.6 Å². The van der Waals surface area contributed by atoms with E-state index in [2.05, 4.69) is 4.99 Å². The smallest absolute Gasteiger partial charge is 0.364 e. The Hall–Kier alpha value is -3.83. The van der Waals surface area contributed by atoms with Crippen molar-refractivity contribution in [1.29, 1.82) is 0 Å². The van der Waals surface area contributed by atoms with Crippen LogP contribution in [0.25, 0.3) is 11.3 Å². The monoisotopic (exact) mass is 429 g/mol. The lowest BCUT2D eigenvalue weighted by Gasteiger charge is -2.20. The van der Waals surface area contributed by atoms with Gasteiger partial charge in [0.25, 0.3) is 0 Å². The standard InChI is InChI=1S/C25H16ClNO4/c1-29-16-12-10-15(11-13-16)22-14-19(17-6-3-5-9-21(17)30-22)23-25(28)31-24(27-23)18-7-2-4-8-20(18)26/h2-14H,1H3/b23-19-. The molecule has 152 valence electrons. The third-order valence-corrected chi connectivity index (χ3v) is 5.33. The molecular formula is C25H16ClNO4. The van der Waals surface area contributed by atoms with Crippen molar-refractivity contribution in [2.24, 2.45) is 4.99 Å². The first-order valence-corrected chi connectivity index (χ1v) is 9.95. The highest BCUT2D eigenvalue weighted by Gasteiger charge is 2.31. The molecule has 5 rings (SSSR count). The second-order valence-corrected chi connectivity index (χ2v) is 7.29. The van der Waals surface area contributed by atoms with Gasteiger partial charge < -0.3 is 14.2 Å². The van der Waals surface area contributed by atoms with E-state index in [0.717, 1.165) is 16.9 Å². The van der Waals surface area contributed by atoms with Crippen LogP contribution in [0.2, 0.25) is 5.02 Å². The van der Waals surface area contributed by atoms with E-state index in [-0.39, 0.29) is 11.6 Å². The number of hydrogen-bond acceptors (Lipinski definition) is 5. The minimum atomic E-state index is -0.535. The quantitative estimate of drug-likeness (QED) is 0.407. The van der Waals surface area contributed by atoms with Crippen LogP contribution in [-0.4, -0.2) is 19.0 Å². The van der Waals surface area contributed by atoms with E-state index < -0.39 is 5.97 Å². The molecule has 0 spiro atoms. The average Bonchev–Trinajstić information content (AvgIpc) is 3.19. The number of nitrogens with zero attached hydrogens (tertiary/aromatic N) is 1. The number of methoxy groups -OCH3 is 1. The van der Waals surface area contributed by atoms with Crippen LogP contribution in [-0.2, 0) is 9.53 Å². The molecule has 0 radical (unpaired) electrons. The fourth-order valence-electron chi connectivity index (χ4n) is 3.45. The van der Waals surface area contributed by atoms with E-state index in [1.165, 1.54) is 0 Å². The number of para-hydroxylation sites is 1. The first kappa shape index (κ1) is 19.2. The van der Waals surface area contributed by atoms with Crippen molar-refractivity contribution in [3.63, 3.8) is 0 Å². The number of aliphatic imine (C=N–C) groups is 1. The maximum absolute atomic E-state index is 12.8. The number of carbonyl (C=O) groups excluding carboxylic acids is 1. The van der Waals surface area contributed by atoms with E-state index in [9.17, 15) is 4.79 Å². The molecule has 0 bridgehead atoms. The maximum atomic E-state index is 12.8. The number of halogens is 1. The zero-order valence-electron chi connectivity index (χ0n) is 16.5. The number of hydrogen-bond donors (Lipinski definition) is 0. The van der Waals surface area contributed by atoms with E-state index in [0.29, 0.717) is 27.7 Å². The number of fused-ring (bicyclic) bond motifs is 1. The zero-order chi connectivity index (χ0) is 21.4. The largest absolute Gasteiger partial charge is 0.497 e. The van der Waals surface area contributed by atoms with Crippen molar-refractivity contribution in [2.75, 3.05) is 7.11 Å². The van der Waals surface area contributed by atoms with Gasteiger partial charge in [0.05, 0.1) is 17.7 Å². The summed E-state index contributed by atoms with van der Waals surface area (Å²) in [5, 5.41) is 0.460. The summed E-state index contributed by atoms with van der Waals surface area (Å²) in [5.74, 6) is 1.62. The molecule has 0 amide bonds. The molecular weight excluding hydrogens is 414 g/mol. The number of rotatable bonds is 3. The molecule has 3 aromatic carbocycles. The number of benzene rings is 3. The molecule has 0 aromatic heterocycles. The minimum Gasteiger partial charge on any atom is -0.497 e. The van der Waals surface area contributed by atoms with Gasteiger partial charge in [-0.25, -0.2) is 9.79 Å². The summed E-state index contributed by atoms with van der Waals surface area (Å²) in [6.07, 6.45) is 1.81. The van der Waals surface area contributed by atoms with Crippen molar-refractivity contribution < 1.29 is 19.0 Å². The van der Waals surface area contributed by atoms with Crippen molar-refractivity contribution in [1.82, 2.24) is 0 Å². The molecule has 6 heteroatoms. The lowest BCUT2D eigenvalue weighted by Crippen LogP contribution is -2.08. The average molecular weight is 430 g/mol. The first-order valence-electron chi connectivity index (χ1n) is 9.57. The fraction of sp³-hybridized carbons (Fsp3) is 0.0400. The summed E-state index contributed by atoms with van der Waals surface area (Å²) >= 11 is 6.26. The van der Waals surface area contributed by atoms with Gasteiger partial charge in [-0.1, -0.05) is 41.9 Å². The SMILES string of the molecule is COc1ccc(C2=C/C(=C3/N=C(c4ccccc4Cl)OC3=O)c3ccccc3O2)cc1. The molecule has 3 aromatic rings. The molecule has 31 heavy (non-hydrogen) atoms. The van der Waals surface area contributed by atoms with Crippen LogP contribution in [0.3, 0.4) is 0 Å². The summed E-state index contributed by atoms with van der Waals surface area (Å²) in [7, 11) is 1.62. The molecule has 0 unspecified atom stereocenters. The molecule has 0 saturated heterocycles. The molecule has 0 fully saturated rings. The Kier molecular flexibility index (Phi) is 4.81. The number of ether oxygens (including phenoxy) is 3. The van der Waals surface area contributed by atoms with Gasteiger partial charge in [-0.05, 0) is 48.5 Å². The van der Waals surface area contributed by atoms with Crippen molar-refractivity contribution in [3.05, 3.63) is 106 Å². The van der Waals surface area contributed by atoms with Crippen LogP contribution >= 0.6 is 11.6 Å². The Labute approximate surface area is 183 Å². The van der Waals surface area contributed by atoms with Gasteiger partial charge in [-0.2, -0.15) is 0 Å². The molecule has 0 aliphatic carbocycles. The molecule has 0 atom stereocenters. The fourth-order valence-corrected chi connectivity index (χ4v) is 3.67. The topological polar surface area (TPSA) is 57.1 Å². The molecule has 2 aliphatic rings. The number of esters is 1. The van der Waals surface area contributed by atoms with Gasteiger partial charge in [-0.15, -0.1) is 0 Å². The number of carbonyl (C=O) groups is 1. The molecule has 2 heterocycles. The van der Waals surface area contributed by atoms with Gasteiger partial charge in [0, 0.05) is 16.7 Å². The highest BCUT2D eigenvalue weighted by atomic mass is 35.5. The van der Waals surface area contributed by atoms with Gasteiger partial charge in [0.2, 0.25) is 5.90 Å². The zero-order valence-corrected chi connectivity index (χ0v) is 17.2. The maximum Gasteiger partial charge on any atom is 0.364 e. The number of cyclic esters (lactones) is 1. The summed E-state index contributed by atoms with van der Waals surface area (Å²) in [6, 6.07) is 22.1. The molecule has 0 saturated carbocycles. The minimum absolute atomic E-state index is 0.182. The van der Waals surface area contributed by atoms with Crippen LogP contribution in [0.1, 0.15) is 16.7 Å².